The first kappa shape index (κ1) is 23.3. The SMILES string of the molecule is CCOc1cc(/C=C(/C#N)c2ccc([N+](=O)[O-])cc2)cc(Cl)c1OCc1ccccc1C#N. The Labute approximate surface area is 195 Å². The van der Waals surface area contributed by atoms with E-state index in [-0.39, 0.29) is 17.3 Å². The van der Waals surface area contributed by atoms with Crippen LogP contribution in [0.3, 0.4) is 0 Å². The molecule has 0 amide bonds. The molecule has 0 atom stereocenters. The standard InChI is InChI=1S/C25H18ClN3O4/c1-2-32-24-13-17(11-21(15-28)18-7-9-22(10-8-18)29(30)31)12-23(26)25(24)33-16-20-6-4-3-5-19(20)14-27/h3-13H,2,16H2,1H3/b21-11-. The van der Waals surface area contributed by atoms with E-state index in [1.807, 2.05) is 13.0 Å². The molecule has 0 aliphatic heterocycles. The number of non-ortho nitro benzene ring substituents is 1. The Bertz CT molecular complexity index is 1290. The molecule has 0 bridgehead atoms. The molecule has 3 rings (SSSR count). The normalized spacial score (nSPS) is 10.7. The number of allylic oxidation sites excluding steroid dienone is 1. The average Bonchev–Trinajstić information content (AvgIpc) is 2.82. The Morgan fingerprint density at radius 1 is 1.12 bits per heavy atom. The van der Waals surface area contributed by atoms with Crippen LogP contribution in [0.15, 0.2) is 60.7 Å². The summed E-state index contributed by atoms with van der Waals surface area (Å²) in [6, 6.07) is 20.4. The molecule has 0 aliphatic rings. The number of halogens is 1. The maximum atomic E-state index is 10.9. The fourth-order valence-corrected chi connectivity index (χ4v) is 3.36. The molecule has 0 aromatic heterocycles. The molecule has 33 heavy (non-hydrogen) atoms. The first-order valence-corrected chi connectivity index (χ1v) is 10.3. The second-order valence-corrected chi connectivity index (χ2v) is 7.20. The fraction of sp³-hybridized carbons (Fsp3) is 0.120. The molecule has 0 heterocycles. The number of nitro benzene ring substituents is 1. The second kappa shape index (κ2) is 10.8. The minimum absolute atomic E-state index is 0.0582. The van der Waals surface area contributed by atoms with Crippen molar-refractivity contribution in [2.45, 2.75) is 13.5 Å². The first-order valence-electron chi connectivity index (χ1n) is 9.90. The molecule has 0 fully saturated rings. The van der Waals surface area contributed by atoms with Crippen LogP contribution in [0.5, 0.6) is 11.5 Å². The van der Waals surface area contributed by atoms with Gasteiger partial charge in [-0.2, -0.15) is 10.5 Å². The summed E-state index contributed by atoms with van der Waals surface area (Å²) in [5.41, 5.74) is 2.60. The van der Waals surface area contributed by atoms with Crippen LogP contribution in [0.25, 0.3) is 11.6 Å². The number of hydrogen-bond acceptors (Lipinski definition) is 6. The van der Waals surface area contributed by atoms with Crippen molar-refractivity contribution in [3.8, 4) is 23.6 Å². The van der Waals surface area contributed by atoms with Crippen LogP contribution in [0.1, 0.15) is 29.2 Å². The van der Waals surface area contributed by atoms with E-state index in [0.29, 0.717) is 45.9 Å². The van der Waals surface area contributed by atoms with Gasteiger partial charge in [0.15, 0.2) is 11.5 Å². The van der Waals surface area contributed by atoms with Crippen molar-refractivity contribution >= 4 is 28.9 Å². The maximum Gasteiger partial charge on any atom is 0.269 e. The van der Waals surface area contributed by atoms with Crippen LogP contribution < -0.4 is 9.47 Å². The lowest BCUT2D eigenvalue weighted by Crippen LogP contribution is -2.02. The molecular formula is C25H18ClN3O4. The topological polar surface area (TPSA) is 109 Å². The van der Waals surface area contributed by atoms with Gasteiger partial charge in [-0.1, -0.05) is 29.8 Å². The third-order valence-electron chi connectivity index (χ3n) is 4.66. The van der Waals surface area contributed by atoms with Gasteiger partial charge in [0.2, 0.25) is 0 Å². The first-order chi connectivity index (χ1) is 16.0. The van der Waals surface area contributed by atoms with Crippen molar-refractivity contribution < 1.29 is 14.4 Å². The van der Waals surface area contributed by atoms with E-state index in [4.69, 9.17) is 21.1 Å². The van der Waals surface area contributed by atoms with Crippen molar-refractivity contribution in [1.82, 2.24) is 0 Å². The van der Waals surface area contributed by atoms with E-state index in [1.54, 1.807) is 36.4 Å². The monoisotopic (exact) mass is 459 g/mol. The number of rotatable bonds is 8. The Hall–Kier alpha value is -4.33. The molecule has 0 saturated heterocycles. The van der Waals surface area contributed by atoms with Crippen molar-refractivity contribution in [1.29, 1.82) is 10.5 Å². The number of nitriles is 2. The number of ether oxygens (including phenoxy) is 2. The molecule has 0 unspecified atom stereocenters. The van der Waals surface area contributed by atoms with Gasteiger partial charge in [0.25, 0.3) is 5.69 Å². The van der Waals surface area contributed by atoms with E-state index in [1.165, 1.54) is 24.3 Å². The van der Waals surface area contributed by atoms with Gasteiger partial charge >= 0.3 is 0 Å². The zero-order valence-electron chi connectivity index (χ0n) is 17.6. The number of hydrogen-bond donors (Lipinski definition) is 0. The molecule has 8 heteroatoms. The number of nitro groups is 1. The molecule has 7 nitrogen and oxygen atoms in total. The summed E-state index contributed by atoms with van der Waals surface area (Å²) in [6.45, 7) is 2.32. The third kappa shape index (κ3) is 5.68. The summed E-state index contributed by atoms with van der Waals surface area (Å²) >= 11 is 6.48. The van der Waals surface area contributed by atoms with Gasteiger partial charge < -0.3 is 9.47 Å². The molecular weight excluding hydrogens is 442 g/mol. The van der Waals surface area contributed by atoms with Crippen LogP contribution in [-0.4, -0.2) is 11.5 Å². The minimum atomic E-state index is -0.499. The van der Waals surface area contributed by atoms with Crippen LogP contribution in [0.4, 0.5) is 5.69 Å². The van der Waals surface area contributed by atoms with E-state index >= 15 is 0 Å². The Balaban J connectivity index is 1.93. The lowest BCUT2D eigenvalue weighted by molar-refractivity contribution is -0.384. The summed E-state index contributed by atoms with van der Waals surface area (Å²) in [4.78, 5) is 10.4. The van der Waals surface area contributed by atoms with Crippen molar-refractivity contribution in [3.63, 3.8) is 0 Å². The highest BCUT2D eigenvalue weighted by Crippen LogP contribution is 2.38. The Kier molecular flexibility index (Phi) is 7.64. The highest BCUT2D eigenvalue weighted by atomic mass is 35.5. The Morgan fingerprint density at radius 2 is 1.85 bits per heavy atom. The lowest BCUT2D eigenvalue weighted by atomic mass is 10.0. The van der Waals surface area contributed by atoms with Gasteiger partial charge in [0.1, 0.15) is 6.61 Å². The molecule has 164 valence electrons. The molecule has 3 aromatic rings. The highest BCUT2D eigenvalue weighted by Gasteiger charge is 2.14. The van der Waals surface area contributed by atoms with Crippen LogP contribution >= 0.6 is 11.6 Å². The molecule has 0 aliphatic carbocycles. The average molecular weight is 460 g/mol. The van der Waals surface area contributed by atoms with Gasteiger partial charge in [-0.3, -0.25) is 10.1 Å². The molecule has 0 saturated carbocycles. The second-order valence-electron chi connectivity index (χ2n) is 6.79. The quantitative estimate of drug-likeness (QED) is 0.172. The summed E-state index contributed by atoms with van der Waals surface area (Å²) in [5.74, 6) is 0.726. The predicted octanol–water partition coefficient (Wildman–Crippen LogP) is 6.16. The third-order valence-corrected chi connectivity index (χ3v) is 4.94. The lowest BCUT2D eigenvalue weighted by Gasteiger charge is -2.15. The summed E-state index contributed by atoms with van der Waals surface area (Å²) in [5, 5.41) is 30.0. The van der Waals surface area contributed by atoms with Crippen LogP contribution in [-0.2, 0) is 6.61 Å². The zero-order chi connectivity index (χ0) is 23.8. The molecule has 3 aromatic carbocycles. The van der Waals surface area contributed by atoms with Crippen molar-refractivity contribution in [3.05, 3.63) is 98.1 Å². The van der Waals surface area contributed by atoms with Crippen LogP contribution in [0, 0.1) is 32.8 Å². The Morgan fingerprint density at radius 3 is 2.48 bits per heavy atom. The van der Waals surface area contributed by atoms with E-state index in [0.717, 1.165) is 0 Å². The smallest absolute Gasteiger partial charge is 0.269 e. The summed E-state index contributed by atoms with van der Waals surface area (Å²) in [7, 11) is 0. The summed E-state index contributed by atoms with van der Waals surface area (Å²) in [6.07, 6.45) is 1.62. The van der Waals surface area contributed by atoms with Gasteiger partial charge in [-0.15, -0.1) is 0 Å². The predicted molar refractivity (Wildman–Crippen MR) is 125 cm³/mol. The highest BCUT2D eigenvalue weighted by molar-refractivity contribution is 6.32. The molecule has 0 spiro atoms. The van der Waals surface area contributed by atoms with Gasteiger partial charge in [-0.25, -0.2) is 0 Å². The van der Waals surface area contributed by atoms with Crippen molar-refractivity contribution in [2.75, 3.05) is 6.61 Å². The minimum Gasteiger partial charge on any atom is -0.490 e. The number of benzene rings is 3. The van der Waals surface area contributed by atoms with E-state index < -0.39 is 4.92 Å². The van der Waals surface area contributed by atoms with E-state index in [9.17, 15) is 20.6 Å². The van der Waals surface area contributed by atoms with Crippen LogP contribution in [0.2, 0.25) is 5.02 Å². The summed E-state index contributed by atoms with van der Waals surface area (Å²) < 4.78 is 11.6. The molecule has 0 radical (unpaired) electrons. The number of nitrogens with zero attached hydrogens (tertiary/aromatic N) is 3. The fourth-order valence-electron chi connectivity index (χ4n) is 3.09. The largest absolute Gasteiger partial charge is 0.490 e. The van der Waals surface area contributed by atoms with Gasteiger partial charge in [0.05, 0.1) is 39.8 Å². The molecule has 0 N–H and O–H groups in total. The maximum absolute atomic E-state index is 10.9. The van der Waals surface area contributed by atoms with Gasteiger partial charge in [0, 0.05) is 17.7 Å². The van der Waals surface area contributed by atoms with Crippen molar-refractivity contribution in [2.24, 2.45) is 0 Å². The van der Waals surface area contributed by atoms with Gasteiger partial charge in [-0.05, 0) is 54.5 Å². The van der Waals surface area contributed by atoms with E-state index in [2.05, 4.69) is 12.1 Å². The zero-order valence-corrected chi connectivity index (χ0v) is 18.4.